The Balaban J connectivity index is 1.90. The highest BCUT2D eigenvalue weighted by Crippen LogP contribution is 2.25. The van der Waals surface area contributed by atoms with Crippen LogP contribution in [0, 0.1) is 0 Å². The van der Waals surface area contributed by atoms with E-state index in [4.69, 9.17) is 4.74 Å². The number of anilines is 1. The quantitative estimate of drug-likeness (QED) is 0.865. The molecule has 1 N–H and O–H groups in total. The van der Waals surface area contributed by atoms with Crippen molar-refractivity contribution in [3.8, 4) is 5.95 Å². The first-order valence-electron chi connectivity index (χ1n) is 5.52. The van der Waals surface area contributed by atoms with Crippen LogP contribution in [0.25, 0.3) is 5.95 Å². The van der Waals surface area contributed by atoms with Crippen molar-refractivity contribution < 1.29 is 4.74 Å². The number of aromatic nitrogens is 5. The average Bonchev–Trinajstić information content (AvgIpc) is 2.87. The molecule has 0 bridgehead atoms. The summed E-state index contributed by atoms with van der Waals surface area (Å²) in [6.45, 7) is 1.51. The normalized spacial score (nSPS) is 15.4. The molecular formula is C10H12N6OS. The van der Waals surface area contributed by atoms with Gasteiger partial charge in [-0.2, -0.15) is 15.0 Å². The Morgan fingerprint density at radius 2 is 2.28 bits per heavy atom. The summed E-state index contributed by atoms with van der Waals surface area (Å²) in [6, 6.07) is 0. The predicted octanol–water partition coefficient (Wildman–Crippen LogP) is 0.590. The standard InChI is InChI=1S/C10H12N6OS/c1-11-8-13-9(16-3-2-12-6-16)15-10(14-8)18-7-4-17-5-7/h2-3,6-7H,4-5H2,1H3,(H,11,13,14,15). The lowest BCUT2D eigenvalue weighted by atomic mass is 10.4. The number of hydrogen-bond acceptors (Lipinski definition) is 7. The van der Waals surface area contributed by atoms with Gasteiger partial charge in [-0.25, -0.2) is 4.98 Å². The van der Waals surface area contributed by atoms with Crippen molar-refractivity contribution >= 4 is 17.7 Å². The van der Waals surface area contributed by atoms with Crippen molar-refractivity contribution in [2.45, 2.75) is 10.4 Å². The molecule has 2 aromatic heterocycles. The Labute approximate surface area is 108 Å². The molecule has 8 heteroatoms. The van der Waals surface area contributed by atoms with Gasteiger partial charge in [-0.05, 0) is 0 Å². The van der Waals surface area contributed by atoms with E-state index < -0.39 is 0 Å². The third-order valence-corrected chi connectivity index (χ3v) is 3.44. The molecule has 0 amide bonds. The van der Waals surface area contributed by atoms with Gasteiger partial charge in [0.15, 0.2) is 5.16 Å². The lowest BCUT2D eigenvalue weighted by molar-refractivity contribution is 0.0454. The molecule has 94 valence electrons. The molecule has 0 spiro atoms. The molecule has 0 saturated carbocycles. The Morgan fingerprint density at radius 1 is 1.39 bits per heavy atom. The van der Waals surface area contributed by atoms with E-state index in [9.17, 15) is 0 Å². The first kappa shape index (κ1) is 11.4. The summed E-state index contributed by atoms with van der Waals surface area (Å²) in [5.74, 6) is 1.12. The Hall–Kier alpha value is -1.67. The fourth-order valence-electron chi connectivity index (χ4n) is 1.43. The fourth-order valence-corrected chi connectivity index (χ4v) is 2.33. The molecule has 1 fully saturated rings. The van der Waals surface area contributed by atoms with Crippen LogP contribution in [0.2, 0.25) is 0 Å². The molecule has 3 heterocycles. The largest absolute Gasteiger partial charge is 0.379 e. The van der Waals surface area contributed by atoms with Crippen LogP contribution in [0.1, 0.15) is 0 Å². The van der Waals surface area contributed by atoms with Crippen LogP contribution >= 0.6 is 11.8 Å². The van der Waals surface area contributed by atoms with Crippen LogP contribution in [0.4, 0.5) is 5.95 Å². The molecule has 0 aliphatic carbocycles. The van der Waals surface area contributed by atoms with Gasteiger partial charge in [0.05, 0.1) is 18.5 Å². The molecule has 2 aromatic rings. The van der Waals surface area contributed by atoms with Crippen molar-refractivity contribution in [3.05, 3.63) is 18.7 Å². The minimum absolute atomic E-state index is 0.438. The van der Waals surface area contributed by atoms with Crippen molar-refractivity contribution in [2.75, 3.05) is 25.6 Å². The number of imidazole rings is 1. The number of rotatable bonds is 4. The van der Waals surface area contributed by atoms with Gasteiger partial charge in [0.25, 0.3) is 0 Å². The first-order valence-corrected chi connectivity index (χ1v) is 6.39. The van der Waals surface area contributed by atoms with Crippen LogP contribution in [0.5, 0.6) is 0 Å². The minimum atomic E-state index is 0.438. The smallest absolute Gasteiger partial charge is 0.240 e. The topological polar surface area (TPSA) is 77.8 Å². The lowest BCUT2D eigenvalue weighted by Gasteiger charge is -2.24. The van der Waals surface area contributed by atoms with Gasteiger partial charge >= 0.3 is 0 Å². The molecule has 0 atom stereocenters. The van der Waals surface area contributed by atoms with E-state index in [0.29, 0.717) is 22.3 Å². The van der Waals surface area contributed by atoms with E-state index in [0.717, 1.165) is 13.2 Å². The molecular weight excluding hydrogens is 252 g/mol. The van der Waals surface area contributed by atoms with Gasteiger partial charge in [0, 0.05) is 19.4 Å². The molecule has 1 saturated heterocycles. The molecule has 18 heavy (non-hydrogen) atoms. The molecule has 1 aliphatic heterocycles. The predicted molar refractivity (Wildman–Crippen MR) is 67.0 cm³/mol. The van der Waals surface area contributed by atoms with Crippen molar-refractivity contribution in [3.63, 3.8) is 0 Å². The van der Waals surface area contributed by atoms with Gasteiger partial charge in [-0.1, -0.05) is 11.8 Å². The summed E-state index contributed by atoms with van der Waals surface area (Å²) in [4.78, 5) is 17.0. The minimum Gasteiger partial charge on any atom is -0.379 e. The molecule has 3 rings (SSSR count). The van der Waals surface area contributed by atoms with Gasteiger partial charge in [-0.3, -0.25) is 4.57 Å². The number of thioether (sulfide) groups is 1. The number of nitrogens with zero attached hydrogens (tertiary/aromatic N) is 5. The second-order valence-electron chi connectivity index (χ2n) is 3.74. The summed E-state index contributed by atoms with van der Waals surface area (Å²) in [5, 5.41) is 4.08. The first-order chi connectivity index (χ1) is 8.85. The van der Waals surface area contributed by atoms with E-state index in [1.54, 1.807) is 42.1 Å². The second kappa shape index (κ2) is 4.91. The zero-order valence-corrected chi connectivity index (χ0v) is 10.6. The van der Waals surface area contributed by atoms with Crippen LogP contribution < -0.4 is 5.32 Å². The summed E-state index contributed by atoms with van der Waals surface area (Å²) in [5.41, 5.74) is 0. The van der Waals surface area contributed by atoms with Gasteiger partial charge in [-0.15, -0.1) is 0 Å². The van der Waals surface area contributed by atoms with Crippen molar-refractivity contribution in [2.24, 2.45) is 0 Å². The molecule has 0 unspecified atom stereocenters. The highest BCUT2D eigenvalue weighted by molar-refractivity contribution is 7.99. The third-order valence-electron chi connectivity index (χ3n) is 2.44. The van der Waals surface area contributed by atoms with Crippen LogP contribution in [-0.2, 0) is 4.74 Å². The zero-order valence-electron chi connectivity index (χ0n) is 9.78. The molecule has 0 aromatic carbocycles. The van der Waals surface area contributed by atoms with Crippen molar-refractivity contribution in [1.29, 1.82) is 0 Å². The summed E-state index contributed by atoms with van der Waals surface area (Å²) in [6.07, 6.45) is 5.15. The Bertz CT molecular complexity index is 527. The van der Waals surface area contributed by atoms with Crippen LogP contribution in [0.15, 0.2) is 23.9 Å². The lowest BCUT2D eigenvalue weighted by Crippen LogP contribution is -2.30. The highest BCUT2D eigenvalue weighted by Gasteiger charge is 2.21. The third kappa shape index (κ3) is 2.29. The monoisotopic (exact) mass is 264 g/mol. The summed E-state index contributed by atoms with van der Waals surface area (Å²) in [7, 11) is 1.79. The van der Waals surface area contributed by atoms with Gasteiger partial charge in [0.2, 0.25) is 11.9 Å². The molecule has 7 nitrogen and oxygen atoms in total. The van der Waals surface area contributed by atoms with Gasteiger partial charge < -0.3 is 10.1 Å². The zero-order chi connectivity index (χ0) is 12.4. The van der Waals surface area contributed by atoms with E-state index in [-0.39, 0.29) is 0 Å². The van der Waals surface area contributed by atoms with E-state index in [1.807, 2.05) is 0 Å². The van der Waals surface area contributed by atoms with E-state index >= 15 is 0 Å². The SMILES string of the molecule is CNc1nc(SC2COC2)nc(-n2ccnc2)n1. The molecule has 0 radical (unpaired) electrons. The number of ether oxygens (including phenoxy) is 1. The number of hydrogen-bond donors (Lipinski definition) is 1. The Kier molecular flexibility index (Phi) is 3.11. The highest BCUT2D eigenvalue weighted by atomic mass is 32.2. The average molecular weight is 264 g/mol. The second-order valence-corrected chi connectivity index (χ2v) is 5.01. The molecule has 1 aliphatic rings. The maximum Gasteiger partial charge on any atom is 0.240 e. The van der Waals surface area contributed by atoms with Crippen molar-refractivity contribution in [1.82, 2.24) is 24.5 Å². The summed E-state index contributed by atoms with van der Waals surface area (Å²) >= 11 is 1.61. The van der Waals surface area contributed by atoms with Crippen LogP contribution in [-0.4, -0.2) is 50.0 Å². The maximum atomic E-state index is 5.14. The Morgan fingerprint density at radius 3 is 2.89 bits per heavy atom. The van der Waals surface area contributed by atoms with E-state index in [2.05, 4.69) is 25.3 Å². The maximum absolute atomic E-state index is 5.14. The van der Waals surface area contributed by atoms with Crippen LogP contribution in [0.3, 0.4) is 0 Å². The fraction of sp³-hybridized carbons (Fsp3) is 0.400. The van der Waals surface area contributed by atoms with E-state index in [1.165, 1.54) is 0 Å². The van der Waals surface area contributed by atoms with Gasteiger partial charge in [0.1, 0.15) is 6.33 Å². The summed E-state index contributed by atoms with van der Waals surface area (Å²) < 4.78 is 6.90. The number of nitrogens with one attached hydrogen (secondary N) is 1.